The van der Waals surface area contributed by atoms with Crippen molar-refractivity contribution >= 4 is 28.5 Å². The number of anilines is 1. The molecule has 0 saturated carbocycles. The summed E-state index contributed by atoms with van der Waals surface area (Å²) in [5.41, 5.74) is 1.80. The molecule has 8 nitrogen and oxygen atoms in total. The number of aromatic amines is 1. The number of benzene rings is 2. The standard InChI is InChI=1S/C22H21N3O5/c1-13-6-5-7-15-20(13)23-18(24-21(15)27)12-29-19(26)10-11-25-16-8-3-4-9-17(16)30-14(2)22(25)28/h3-9,14H,10-12H2,1-2H3,(H,23,24,27)/t14-/m0/s1. The predicted octanol–water partition coefficient (Wildman–Crippen LogP) is 2.48. The Hall–Kier alpha value is -3.68. The Labute approximate surface area is 172 Å². The molecular formula is C22H21N3O5. The molecule has 1 aliphatic rings. The van der Waals surface area contributed by atoms with E-state index in [1.807, 2.05) is 19.1 Å². The second kappa shape index (κ2) is 7.98. The second-order valence-electron chi connectivity index (χ2n) is 7.11. The van der Waals surface area contributed by atoms with Crippen LogP contribution in [0.25, 0.3) is 10.9 Å². The Bertz CT molecular complexity index is 1190. The number of rotatable bonds is 5. The first kappa shape index (κ1) is 19.6. The number of hydrogen-bond acceptors (Lipinski definition) is 6. The minimum absolute atomic E-state index is 0.00361. The summed E-state index contributed by atoms with van der Waals surface area (Å²) in [6, 6.07) is 12.5. The van der Waals surface area contributed by atoms with Gasteiger partial charge >= 0.3 is 5.97 Å². The topological polar surface area (TPSA) is 102 Å². The lowest BCUT2D eigenvalue weighted by Gasteiger charge is -2.32. The highest BCUT2D eigenvalue weighted by molar-refractivity contribution is 6.00. The molecule has 0 aliphatic carbocycles. The van der Waals surface area contributed by atoms with E-state index in [0.717, 1.165) is 5.56 Å². The van der Waals surface area contributed by atoms with Gasteiger partial charge in [0.1, 0.15) is 18.2 Å². The van der Waals surface area contributed by atoms with Crippen LogP contribution < -0.4 is 15.2 Å². The summed E-state index contributed by atoms with van der Waals surface area (Å²) in [6.07, 6.45) is -0.616. The number of esters is 1. The summed E-state index contributed by atoms with van der Waals surface area (Å²) in [4.78, 5) is 45.5. The number of carbonyl (C=O) groups excluding carboxylic acids is 2. The number of ether oxygens (including phenoxy) is 2. The van der Waals surface area contributed by atoms with E-state index in [-0.39, 0.29) is 36.9 Å². The molecule has 154 valence electrons. The van der Waals surface area contributed by atoms with Crippen molar-refractivity contribution < 1.29 is 19.1 Å². The van der Waals surface area contributed by atoms with Crippen LogP contribution >= 0.6 is 0 Å². The monoisotopic (exact) mass is 407 g/mol. The fourth-order valence-electron chi connectivity index (χ4n) is 3.43. The third-order valence-corrected chi connectivity index (χ3v) is 4.97. The first-order valence-electron chi connectivity index (χ1n) is 9.65. The fourth-order valence-corrected chi connectivity index (χ4v) is 3.43. The number of nitrogens with one attached hydrogen (secondary N) is 1. The van der Waals surface area contributed by atoms with Gasteiger partial charge in [-0.25, -0.2) is 4.98 Å². The maximum Gasteiger partial charge on any atom is 0.308 e. The predicted molar refractivity (Wildman–Crippen MR) is 110 cm³/mol. The van der Waals surface area contributed by atoms with E-state index >= 15 is 0 Å². The number of H-pyrrole nitrogens is 1. The van der Waals surface area contributed by atoms with Crippen LogP contribution in [-0.4, -0.2) is 34.5 Å². The average molecular weight is 407 g/mol. The number of aromatic nitrogens is 2. The van der Waals surface area contributed by atoms with Crippen LogP contribution in [0.1, 0.15) is 24.7 Å². The normalized spacial score (nSPS) is 15.6. The Morgan fingerprint density at radius 1 is 1.20 bits per heavy atom. The van der Waals surface area contributed by atoms with Crippen molar-refractivity contribution in [3.8, 4) is 5.75 Å². The minimum Gasteiger partial charge on any atom is -0.479 e. The van der Waals surface area contributed by atoms with E-state index in [4.69, 9.17) is 9.47 Å². The highest BCUT2D eigenvalue weighted by Crippen LogP contribution is 2.33. The first-order chi connectivity index (χ1) is 14.4. The van der Waals surface area contributed by atoms with E-state index in [1.54, 1.807) is 37.3 Å². The summed E-state index contributed by atoms with van der Waals surface area (Å²) in [5.74, 6) is 0.173. The molecule has 0 saturated heterocycles. The van der Waals surface area contributed by atoms with Crippen molar-refractivity contribution in [3.63, 3.8) is 0 Å². The van der Waals surface area contributed by atoms with Gasteiger partial charge < -0.3 is 19.4 Å². The third-order valence-electron chi connectivity index (χ3n) is 4.97. The van der Waals surface area contributed by atoms with Crippen LogP contribution in [0.4, 0.5) is 5.69 Å². The van der Waals surface area contributed by atoms with E-state index in [2.05, 4.69) is 9.97 Å². The maximum atomic E-state index is 12.5. The Kier molecular flexibility index (Phi) is 5.22. The van der Waals surface area contributed by atoms with Crippen molar-refractivity contribution in [1.29, 1.82) is 0 Å². The van der Waals surface area contributed by atoms with E-state index in [9.17, 15) is 14.4 Å². The number of hydrogen-bond donors (Lipinski definition) is 1. The molecule has 0 fully saturated rings. The van der Waals surface area contributed by atoms with Crippen LogP contribution in [0, 0.1) is 6.92 Å². The molecule has 0 radical (unpaired) electrons. The number of aryl methyl sites for hydroxylation is 1. The van der Waals surface area contributed by atoms with Crippen LogP contribution in [0.2, 0.25) is 0 Å². The van der Waals surface area contributed by atoms with Crippen molar-refractivity contribution in [2.75, 3.05) is 11.4 Å². The second-order valence-corrected chi connectivity index (χ2v) is 7.11. The lowest BCUT2D eigenvalue weighted by atomic mass is 10.1. The fraction of sp³-hybridized carbons (Fsp3) is 0.273. The van der Waals surface area contributed by atoms with Crippen LogP contribution in [0.15, 0.2) is 47.3 Å². The van der Waals surface area contributed by atoms with Crippen molar-refractivity contribution in [3.05, 3.63) is 64.2 Å². The molecule has 30 heavy (non-hydrogen) atoms. The molecule has 0 unspecified atom stereocenters. The van der Waals surface area contributed by atoms with Crippen molar-refractivity contribution in [2.45, 2.75) is 33.0 Å². The zero-order valence-corrected chi connectivity index (χ0v) is 16.7. The maximum absolute atomic E-state index is 12.5. The minimum atomic E-state index is -0.619. The quantitative estimate of drug-likeness (QED) is 0.652. The van der Waals surface area contributed by atoms with Gasteiger partial charge in [0.2, 0.25) is 0 Å². The van der Waals surface area contributed by atoms with Crippen LogP contribution in [-0.2, 0) is 20.9 Å². The smallest absolute Gasteiger partial charge is 0.308 e. The average Bonchev–Trinajstić information content (AvgIpc) is 2.73. The lowest BCUT2D eigenvalue weighted by Crippen LogP contribution is -2.45. The number of nitrogens with zero attached hydrogens (tertiary/aromatic N) is 2. The van der Waals surface area contributed by atoms with Gasteiger partial charge in [-0.15, -0.1) is 0 Å². The summed E-state index contributed by atoms with van der Waals surface area (Å²) >= 11 is 0. The van der Waals surface area contributed by atoms with Gasteiger partial charge in [0, 0.05) is 6.54 Å². The molecule has 2 heterocycles. The molecule has 0 bridgehead atoms. The van der Waals surface area contributed by atoms with Crippen LogP contribution in [0.3, 0.4) is 0 Å². The molecule has 1 aliphatic heterocycles. The van der Waals surface area contributed by atoms with Crippen molar-refractivity contribution in [2.24, 2.45) is 0 Å². The zero-order valence-electron chi connectivity index (χ0n) is 16.7. The van der Waals surface area contributed by atoms with Gasteiger partial charge in [-0.3, -0.25) is 14.4 Å². The van der Waals surface area contributed by atoms with Gasteiger partial charge in [0.25, 0.3) is 11.5 Å². The third kappa shape index (κ3) is 3.76. The molecule has 1 aromatic heterocycles. The number of para-hydroxylation sites is 3. The molecule has 1 N–H and O–H groups in total. The van der Waals surface area contributed by atoms with E-state index in [1.165, 1.54) is 4.90 Å². The number of fused-ring (bicyclic) bond motifs is 2. The molecule has 1 amide bonds. The largest absolute Gasteiger partial charge is 0.479 e. The number of carbonyl (C=O) groups is 2. The Morgan fingerprint density at radius 3 is 2.83 bits per heavy atom. The van der Waals surface area contributed by atoms with Gasteiger partial charge in [0.15, 0.2) is 6.10 Å². The highest BCUT2D eigenvalue weighted by Gasteiger charge is 2.31. The summed E-state index contributed by atoms with van der Waals surface area (Å²) < 4.78 is 10.9. The molecule has 8 heteroatoms. The highest BCUT2D eigenvalue weighted by atomic mass is 16.5. The summed E-state index contributed by atoms with van der Waals surface area (Å²) in [5, 5.41) is 0.490. The van der Waals surface area contributed by atoms with Gasteiger partial charge in [0.05, 0.1) is 23.0 Å². The molecule has 3 aromatic rings. The molecular weight excluding hydrogens is 386 g/mol. The lowest BCUT2D eigenvalue weighted by molar-refractivity contribution is -0.145. The Morgan fingerprint density at radius 2 is 2.00 bits per heavy atom. The zero-order chi connectivity index (χ0) is 21.3. The van der Waals surface area contributed by atoms with E-state index < -0.39 is 12.1 Å². The summed E-state index contributed by atoms with van der Waals surface area (Å²) in [6.45, 7) is 3.56. The van der Waals surface area contributed by atoms with Gasteiger partial charge in [-0.1, -0.05) is 24.3 Å². The summed E-state index contributed by atoms with van der Waals surface area (Å²) in [7, 11) is 0. The van der Waals surface area contributed by atoms with Crippen LogP contribution in [0.5, 0.6) is 5.75 Å². The molecule has 2 aromatic carbocycles. The Balaban J connectivity index is 1.41. The molecule has 1 atom stereocenters. The van der Waals surface area contributed by atoms with Gasteiger partial charge in [-0.2, -0.15) is 0 Å². The SMILES string of the molecule is Cc1cccc2c(=O)[nH]c(COC(=O)CCN3C(=O)[C@H](C)Oc4ccccc43)nc12. The number of amides is 1. The van der Waals surface area contributed by atoms with E-state index in [0.29, 0.717) is 22.3 Å². The molecule has 4 rings (SSSR count). The molecule has 0 spiro atoms. The van der Waals surface area contributed by atoms with Gasteiger partial charge in [-0.05, 0) is 37.6 Å². The first-order valence-corrected chi connectivity index (χ1v) is 9.65. The van der Waals surface area contributed by atoms with Crippen molar-refractivity contribution in [1.82, 2.24) is 9.97 Å².